The van der Waals surface area contributed by atoms with Crippen LogP contribution >= 0.6 is 0 Å². The second-order valence-corrected chi connectivity index (χ2v) is 10.6. The lowest BCUT2D eigenvalue weighted by Gasteiger charge is -2.42. The number of hydrogen-bond acceptors (Lipinski definition) is 7. The minimum absolute atomic E-state index is 0.127. The topological polar surface area (TPSA) is 91.4 Å². The van der Waals surface area contributed by atoms with Gasteiger partial charge in [-0.3, -0.25) is 0 Å². The fraction of sp³-hybridized carbons (Fsp3) is 0.429. The van der Waals surface area contributed by atoms with Gasteiger partial charge in [0.25, 0.3) is 0 Å². The predicted octanol–water partition coefficient (Wildman–Crippen LogP) is 2.24. The van der Waals surface area contributed by atoms with Crippen LogP contribution in [0.25, 0.3) is 0 Å². The molecule has 10 heteroatoms. The first kappa shape index (κ1) is 22.4. The normalized spacial score (nSPS) is 20.6. The highest BCUT2D eigenvalue weighted by atomic mass is 32.2. The number of methoxy groups -OCH3 is 2. The first-order valence-corrected chi connectivity index (χ1v) is 12.6. The van der Waals surface area contributed by atoms with Crippen LogP contribution in [0.1, 0.15) is 12.8 Å². The largest absolute Gasteiger partial charge is 0.593 e. The lowest BCUT2D eigenvalue weighted by molar-refractivity contribution is -0.0807. The number of rotatable bonds is 6. The van der Waals surface area contributed by atoms with Crippen molar-refractivity contribution in [3.8, 4) is 11.5 Å². The van der Waals surface area contributed by atoms with Crippen LogP contribution < -0.4 is 9.47 Å². The molecule has 0 aromatic heterocycles. The zero-order valence-electron chi connectivity index (χ0n) is 17.5. The summed E-state index contributed by atoms with van der Waals surface area (Å²) in [5, 5.41) is 0. The summed E-state index contributed by atoms with van der Waals surface area (Å²) in [6.07, 6.45) is 0.838. The van der Waals surface area contributed by atoms with E-state index in [9.17, 15) is 13.0 Å². The number of piperidine rings is 1. The highest BCUT2D eigenvalue weighted by molar-refractivity contribution is 7.89. The quantitative estimate of drug-likeness (QED) is 0.603. The molecule has 168 valence electrons. The second-order valence-electron chi connectivity index (χ2n) is 7.35. The van der Waals surface area contributed by atoms with E-state index in [2.05, 4.69) is 0 Å². The maximum Gasteiger partial charge on any atom is 0.249 e. The van der Waals surface area contributed by atoms with Gasteiger partial charge in [0.2, 0.25) is 14.9 Å². The van der Waals surface area contributed by atoms with Crippen LogP contribution in [0.3, 0.4) is 0 Å². The molecule has 31 heavy (non-hydrogen) atoms. The van der Waals surface area contributed by atoms with Crippen LogP contribution in [-0.2, 0) is 26.1 Å². The summed E-state index contributed by atoms with van der Waals surface area (Å²) in [6, 6.07) is 13.8. The molecule has 2 aliphatic heterocycles. The van der Waals surface area contributed by atoms with Crippen LogP contribution in [0.5, 0.6) is 11.5 Å². The molecule has 2 aromatic carbocycles. The summed E-state index contributed by atoms with van der Waals surface area (Å²) in [5.74, 6) is 0.873. The van der Waals surface area contributed by atoms with Crippen LogP contribution in [0, 0.1) is 0 Å². The fourth-order valence-corrected chi connectivity index (χ4v) is 7.37. The van der Waals surface area contributed by atoms with Gasteiger partial charge in [0.05, 0.1) is 32.2 Å². The Hall–Kier alpha value is -1.82. The highest BCUT2D eigenvalue weighted by Crippen LogP contribution is 2.41. The van der Waals surface area contributed by atoms with Crippen molar-refractivity contribution in [2.75, 3.05) is 40.5 Å². The van der Waals surface area contributed by atoms with E-state index in [1.54, 1.807) is 43.5 Å². The minimum Gasteiger partial charge on any atom is -0.593 e. The van der Waals surface area contributed by atoms with Crippen molar-refractivity contribution in [2.45, 2.75) is 28.4 Å². The number of para-hydroxylation sites is 2. The third-order valence-corrected chi connectivity index (χ3v) is 9.29. The Morgan fingerprint density at radius 1 is 0.968 bits per heavy atom. The molecule has 8 nitrogen and oxygen atoms in total. The van der Waals surface area contributed by atoms with E-state index < -0.39 is 27.1 Å². The van der Waals surface area contributed by atoms with Crippen molar-refractivity contribution in [3.63, 3.8) is 0 Å². The average Bonchev–Trinajstić information content (AvgIpc) is 3.22. The summed E-state index contributed by atoms with van der Waals surface area (Å²) < 4.78 is 60.0. The smallest absolute Gasteiger partial charge is 0.249 e. The maximum atomic E-state index is 13.5. The lowest BCUT2D eigenvalue weighted by Crippen LogP contribution is -2.55. The molecule has 0 amide bonds. The standard InChI is InChI=1S/C21H26N2O6S2/c1-27-17-7-3-5-9-19(17)30(24)22-13-11-21(12-14-22)23(15-16-29-21)31(25,26)20-10-6-4-8-18(20)28-2/h3-10H,11-16H2,1-2H3. The first-order chi connectivity index (χ1) is 14.9. The van der Waals surface area contributed by atoms with E-state index in [-0.39, 0.29) is 11.4 Å². The average molecular weight is 467 g/mol. The van der Waals surface area contributed by atoms with Crippen molar-refractivity contribution in [1.29, 1.82) is 0 Å². The Bertz CT molecular complexity index is 1020. The first-order valence-electron chi connectivity index (χ1n) is 10.0. The maximum absolute atomic E-state index is 13.5. The van der Waals surface area contributed by atoms with Gasteiger partial charge in [0.15, 0.2) is 5.75 Å². The summed E-state index contributed by atoms with van der Waals surface area (Å²) in [7, 11) is -0.817. The summed E-state index contributed by atoms with van der Waals surface area (Å²) >= 11 is -1.41. The van der Waals surface area contributed by atoms with E-state index in [0.717, 1.165) is 0 Å². The molecule has 1 atom stereocenters. The molecular weight excluding hydrogens is 440 g/mol. The summed E-state index contributed by atoms with van der Waals surface area (Å²) in [6.45, 7) is 1.46. The van der Waals surface area contributed by atoms with Gasteiger partial charge in [0, 0.05) is 32.5 Å². The van der Waals surface area contributed by atoms with Crippen LogP contribution in [-0.4, -0.2) is 67.8 Å². The van der Waals surface area contributed by atoms with E-state index in [1.807, 2.05) is 16.4 Å². The van der Waals surface area contributed by atoms with Crippen LogP contribution in [0.15, 0.2) is 58.3 Å². The molecule has 0 aliphatic carbocycles. The van der Waals surface area contributed by atoms with Gasteiger partial charge in [-0.2, -0.15) is 4.31 Å². The number of hydrogen-bond donors (Lipinski definition) is 0. The molecular formula is C21H26N2O6S2. The Morgan fingerprint density at radius 3 is 2.26 bits per heavy atom. The molecule has 0 bridgehead atoms. The van der Waals surface area contributed by atoms with Gasteiger partial charge < -0.3 is 18.8 Å². The monoisotopic (exact) mass is 466 g/mol. The summed E-state index contributed by atoms with van der Waals surface area (Å²) in [4.78, 5) is 0.731. The Balaban J connectivity index is 1.55. The molecule has 2 heterocycles. The highest BCUT2D eigenvalue weighted by Gasteiger charge is 2.52. The SMILES string of the molecule is COc1ccccc1[S+]([O-])N1CCC2(CC1)OCCN2S(=O)(=O)c1ccccc1OC. The molecule has 2 aliphatic rings. The Labute approximate surface area is 186 Å². The van der Waals surface area contributed by atoms with Crippen LogP contribution in [0.2, 0.25) is 0 Å². The third kappa shape index (κ3) is 4.04. The number of sulfonamides is 1. The molecule has 2 saturated heterocycles. The van der Waals surface area contributed by atoms with E-state index in [1.165, 1.54) is 11.4 Å². The van der Waals surface area contributed by atoms with Gasteiger partial charge in [-0.05, 0) is 24.3 Å². The molecule has 0 saturated carbocycles. The fourth-order valence-electron chi connectivity index (χ4n) is 4.18. The van der Waals surface area contributed by atoms with Crippen molar-refractivity contribution in [2.24, 2.45) is 0 Å². The minimum atomic E-state index is -3.82. The number of benzene rings is 2. The Kier molecular flexibility index (Phi) is 6.47. The van der Waals surface area contributed by atoms with E-state index in [0.29, 0.717) is 48.9 Å². The molecule has 1 spiro atoms. The predicted molar refractivity (Wildman–Crippen MR) is 116 cm³/mol. The molecule has 0 N–H and O–H groups in total. The zero-order chi connectivity index (χ0) is 22.1. The Morgan fingerprint density at radius 2 is 1.58 bits per heavy atom. The van der Waals surface area contributed by atoms with Gasteiger partial charge >= 0.3 is 0 Å². The lowest BCUT2D eigenvalue weighted by atomic mass is 10.0. The molecule has 2 fully saturated rings. The third-order valence-electron chi connectivity index (χ3n) is 5.75. The van der Waals surface area contributed by atoms with Crippen LogP contribution in [0.4, 0.5) is 0 Å². The second kappa shape index (κ2) is 8.97. The van der Waals surface area contributed by atoms with E-state index in [4.69, 9.17) is 14.2 Å². The van der Waals surface area contributed by atoms with Crippen molar-refractivity contribution >= 4 is 21.4 Å². The molecule has 0 radical (unpaired) electrons. The summed E-state index contributed by atoms with van der Waals surface area (Å²) in [5.41, 5.74) is -0.943. The number of nitrogens with zero attached hydrogens (tertiary/aromatic N) is 2. The molecule has 4 rings (SSSR count). The van der Waals surface area contributed by atoms with Crippen molar-refractivity contribution in [3.05, 3.63) is 48.5 Å². The van der Waals surface area contributed by atoms with E-state index >= 15 is 0 Å². The zero-order valence-corrected chi connectivity index (χ0v) is 19.2. The molecule has 2 aromatic rings. The number of ether oxygens (including phenoxy) is 3. The van der Waals surface area contributed by atoms with Gasteiger partial charge in [0.1, 0.15) is 16.4 Å². The van der Waals surface area contributed by atoms with Gasteiger partial charge in [-0.25, -0.2) is 8.42 Å². The molecule has 1 unspecified atom stereocenters. The van der Waals surface area contributed by atoms with Crippen molar-refractivity contribution in [1.82, 2.24) is 8.61 Å². The van der Waals surface area contributed by atoms with Gasteiger partial charge in [-0.1, -0.05) is 24.3 Å². The van der Waals surface area contributed by atoms with Gasteiger partial charge in [-0.15, -0.1) is 4.31 Å². The van der Waals surface area contributed by atoms with Crippen molar-refractivity contribution < 1.29 is 27.2 Å².